The molecule has 0 fully saturated rings. The zero-order chi connectivity index (χ0) is 22.9. The molecule has 0 bridgehead atoms. The number of Topliss-reactive ketones (excluding diaryl/α,β-unsaturated/α-hetero) is 1. The number of nitriles is 1. The van der Waals surface area contributed by atoms with Crippen LogP contribution in [-0.4, -0.2) is 21.5 Å². The van der Waals surface area contributed by atoms with Gasteiger partial charge in [0.25, 0.3) is 0 Å². The average Bonchev–Trinajstić information content (AvgIpc) is 2.99. The number of carbonyl (C=O) groups is 1. The summed E-state index contributed by atoms with van der Waals surface area (Å²) in [4.78, 5) is 16.9. The SMILES string of the molecule is C=C(C)C(F)C(C)(C)CC(=O)CCCc1nc2c(F)cc(C#N)cc2n1C(C)(C)C. The van der Waals surface area contributed by atoms with E-state index < -0.39 is 17.4 Å². The third kappa shape index (κ3) is 5.13. The van der Waals surface area contributed by atoms with Crippen molar-refractivity contribution < 1.29 is 13.6 Å². The number of benzene rings is 1. The lowest BCUT2D eigenvalue weighted by atomic mass is 9.79. The fourth-order valence-corrected chi connectivity index (χ4v) is 3.96. The largest absolute Gasteiger partial charge is 0.322 e. The zero-order valence-corrected chi connectivity index (χ0v) is 18.8. The number of aromatic nitrogens is 2. The monoisotopic (exact) mass is 415 g/mol. The molecule has 1 aromatic heterocycles. The molecule has 1 aromatic carbocycles. The van der Waals surface area contributed by atoms with Gasteiger partial charge in [0.1, 0.15) is 23.3 Å². The van der Waals surface area contributed by atoms with E-state index in [0.29, 0.717) is 36.2 Å². The molecule has 0 N–H and O–H groups in total. The van der Waals surface area contributed by atoms with Crippen molar-refractivity contribution in [1.29, 1.82) is 5.26 Å². The van der Waals surface area contributed by atoms with Crippen molar-refractivity contribution in [3.63, 3.8) is 0 Å². The smallest absolute Gasteiger partial charge is 0.152 e. The van der Waals surface area contributed by atoms with Crippen LogP contribution in [0, 0.1) is 22.6 Å². The van der Waals surface area contributed by atoms with Crippen molar-refractivity contribution in [2.75, 3.05) is 0 Å². The molecular weight excluding hydrogens is 384 g/mol. The molecule has 1 atom stereocenters. The third-order valence-corrected chi connectivity index (χ3v) is 5.21. The van der Waals surface area contributed by atoms with Gasteiger partial charge in [-0.1, -0.05) is 20.4 Å². The molecular formula is C24H31F2N3O. The van der Waals surface area contributed by atoms with Gasteiger partial charge >= 0.3 is 0 Å². The Morgan fingerprint density at radius 2 is 1.93 bits per heavy atom. The molecule has 0 aliphatic rings. The van der Waals surface area contributed by atoms with Crippen LogP contribution >= 0.6 is 0 Å². The topological polar surface area (TPSA) is 58.7 Å². The number of alkyl halides is 1. The Morgan fingerprint density at radius 1 is 1.30 bits per heavy atom. The van der Waals surface area contributed by atoms with Crippen molar-refractivity contribution in [1.82, 2.24) is 9.55 Å². The molecule has 0 spiro atoms. The number of imidazole rings is 1. The highest BCUT2D eigenvalue weighted by atomic mass is 19.1. The van der Waals surface area contributed by atoms with Crippen LogP contribution in [0.1, 0.15) is 72.2 Å². The highest BCUT2D eigenvalue weighted by Gasteiger charge is 2.32. The number of ketones is 1. The van der Waals surface area contributed by atoms with Crippen molar-refractivity contribution in [3.05, 3.63) is 41.5 Å². The van der Waals surface area contributed by atoms with Crippen molar-refractivity contribution in [2.45, 2.75) is 78.9 Å². The van der Waals surface area contributed by atoms with Gasteiger partial charge in [0, 0.05) is 30.2 Å². The summed E-state index contributed by atoms with van der Waals surface area (Å²) < 4.78 is 30.7. The van der Waals surface area contributed by atoms with E-state index in [1.165, 1.54) is 6.07 Å². The number of nitrogens with zero attached hydrogens (tertiary/aromatic N) is 3. The normalized spacial score (nSPS) is 13.3. The Bertz CT molecular complexity index is 1010. The molecule has 1 heterocycles. The molecule has 2 rings (SSSR count). The maximum absolute atomic E-state index is 14.5. The lowest BCUT2D eigenvalue weighted by molar-refractivity contribution is -0.121. The minimum atomic E-state index is -1.23. The van der Waals surface area contributed by atoms with Crippen molar-refractivity contribution in [2.24, 2.45) is 5.41 Å². The van der Waals surface area contributed by atoms with Crippen LogP contribution < -0.4 is 0 Å². The molecule has 0 radical (unpaired) electrons. The first-order valence-corrected chi connectivity index (χ1v) is 10.2. The van der Waals surface area contributed by atoms with E-state index in [4.69, 9.17) is 0 Å². The van der Waals surface area contributed by atoms with E-state index in [0.717, 1.165) is 0 Å². The summed E-state index contributed by atoms with van der Waals surface area (Å²) in [6, 6.07) is 4.81. The fraction of sp³-hybridized carbons (Fsp3) is 0.542. The van der Waals surface area contributed by atoms with E-state index >= 15 is 0 Å². The Hall–Kier alpha value is -2.55. The Morgan fingerprint density at radius 3 is 2.47 bits per heavy atom. The maximum atomic E-state index is 14.5. The molecule has 1 unspecified atom stereocenters. The summed E-state index contributed by atoms with van der Waals surface area (Å²) in [7, 11) is 0. The second-order valence-corrected chi connectivity index (χ2v) is 9.74. The number of rotatable bonds is 8. The van der Waals surface area contributed by atoms with E-state index in [1.54, 1.807) is 26.8 Å². The minimum Gasteiger partial charge on any atom is -0.322 e. The van der Waals surface area contributed by atoms with Crippen molar-refractivity contribution >= 4 is 16.8 Å². The number of aryl methyl sites for hydroxylation is 1. The van der Waals surface area contributed by atoms with Crippen LogP contribution in [0.25, 0.3) is 11.0 Å². The predicted molar refractivity (Wildman–Crippen MR) is 115 cm³/mol. The van der Waals surface area contributed by atoms with Crippen LogP contribution in [0.5, 0.6) is 0 Å². The molecule has 162 valence electrons. The third-order valence-electron chi connectivity index (χ3n) is 5.21. The molecule has 0 amide bonds. The van der Waals surface area contributed by atoms with Crippen LogP contribution in [0.3, 0.4) is 0 Å². The van der Waals surface area contributed by atoms with Crippen LogP contribution in [0.4, 0.5) is 8.78 Å². The van der Waals surface area contributed by atoms with Gasteiger partial charge in [-0.05, 0) is 51.8 Å². The molecule has 4 nitrogen and oxygen atoms in total. The number of halogens is 2. The van der Waals surface area contributed by atoms with Gasteiger partial charge in [-0.25, -0.2) is 13.8 Å². The summed E-state index contributed by atoms with van der Waals surface area (Å²) in [6.07, 6.45) is 0.218. The first kappa shape index (κ1) is 23.7. The lowest BCUT2D eigenvalue weighted by Gasteiger charge is -2.28. The molecule has 2 aromatic rings. The van der Waals surface area contributed by atoms with Gasteiger partial charge in [0.2, 0.25) is 0 Å². The van der Waals surface area contributed by atoms with E-state index in [1.807, 2.05) is 31.4 Å². The number of hydrogen-bond donors (Lipinski definition) is 0. The summed E-state index contributed by atoms with van der Waals surface area (Å²) in [5, 5.41) is 9.17. The zero-order valence-electron chi connectivity index (χ0n) is 18.8. The summed E-state index contributed by atoms with van der Waals surface area (Å²) in [5.41, 5.74) is 0.298. The predicted octanol–water partition coefficient (Wildman–Crippen LogP) is 6.02. The molecule has 0 saturated carbocycles. The fourth-order valence-electron chi connectivity index (χ4n) is 3.96. The van der Waals surface area contributed by atoms with Gasteiger partial charge in [-0.3, -0.25) is 4.79 Å². The van der Waals surface area contributed by atoms with Crippen LogP contribution in [-0.2, 0) is 16.8 Å². The van der Waals surface area contributed by atoms with E-state index in [-0.39, 0.29) is 28.8 Å². The number of fused-ring (bicyclic) bond motifs is 1. The first-order chi connectivity index (χ1) is 13.8. The highest BCUT2D eigenvalue weighted by Crippen LogP contribution is 2.33. The average molecular weight is 416 g/mol. The van der Waals surface area contributed by atoms with E-state index in [2.05, 4.69) is 11.6 Å². The molecule has 0 saturated heterocycles. The summed E-state index contributed by atoms with van der Waals surface area (Å²) >= 11 is 0. The van der Waals surface area contributed by atoms with Gasteiger partial charge in [0.15, 0.2) is 5.82 Å². The van der Waals surface area contributed by atoms with Crippen molar-refractivity contribution in [3.8, 4) is 6.07 Å². The van der Waals surface area contributed by atoms with E-state index in [9.17, 15) is 18.8 Å². The molecule has 0 aliphatic carbocycles. The van der Waals surface area contributed by atoms with Gasteiger partial charge in [-0.15, -0.1) is 0 Å². The Labute approximate surface area is 177 Å². The molecule has 0 aliphatic heterocycles. The number of hydrogen-bond acceptors (Lipinski definition) is 3. The Kier molecular flexibility index (Phi) is 6.86. The standard InChI is InChI=1S/C24H31F2N3O/c1-15(2)22(26)24(6,7)13-17(30)9-8-10-20-28-21-18(25)11-16(14-27)12-19(21)29(20)23(3,4)5/h11-12,22H,1,8-10,13H2,2-7H3. The van der Waals surface area contributed by atoms with Gasteiger partial charge in [-0.2, -0.15) is 5.26 Å². The van der Waals surface area contributed by atoms with Gasteiger partial charge < -0.3 is 4.57 Å². The van der Waals surface area contributed by atoms with Crippen LogP contribution in [0.15, 0.2) is 24.3 Å². The first-order valence-electron chi connectivity index (χ1n) is 10.2. The molecule has 6 heteroatoms. The second-order valence-electron chi connectivity index (χ2n) is 9.74. The number of carbonyl (C=O) groups excluding carboxylic acids is 1. The highest BCUT2D eigenvalue weighted by molar-refractivity contribution is 5.80. The Balaban J connectivity index is 2.20. The number of allylic oxidation sites excluding steroid dienone is 1. The summed E-state index contributed by atoms with van der Waals surface area (Å²) in [5.74, 6) is 0.129. The van der Waals surface area contributed by atoms with Gasteiger partial charge in [0.05, 0.1) is 17.1 Å². The molecule has 30 heavy (non-hydrogen) atoms. The quantitative estimate of drug-likeness (QED) is 0.495. The second kappa shape index (κ2) is 8.67. The van der Waals surface area contributed by atoms with Crippen LogP contribution in [0.2, 0.25) is 0 Å². The summed E-state index contributed by atoms with van der Waals surface area (Å²) in [6.45, 7) is 14.7. The minimum absolute atomic E-state index is 0.0136. The maximum Gasteiger partial charge on any atom is 0.152 e. The lowest BCUT2D eigenvalue weighted by Crippen LogP contribution is -2.29.